The largest absolute Gasteiger partial charge is 0.461 e. The Morgan fingerprint density at radius 2 is 2.25 bits per heavy atom. The highest BCUT2D eigenvalue weighted by Gasteiger charge is 2.18. The topological polar surface area (TPSA) is 68.3 Å². The SMILES string of the molecule is CCOC(=O)c1nc(C(=O)NC(C)c2cccs2)cs1. The van der Waals surface area contributed by atoms with Gasteiger partial charge in [0.2, 0.25) is 5.01 Å². The molecule has 1 amide bonds. The molecule has 0 saturated heterocycles. The first kappa shape index (κ1) is 14.7. The Hall–Kier alpha value is -1.73. The Labute approximate surface area is 124 Å². The number of nitrogens with zero attached hydrogens (tertiary/aromatic N) is 1. The van der Waals surface area contributed by atoms with E-state index >= 15 is 0 Å². The van der Waals surface area contributed by atoms with Gasteiger partial charge in [-0.2, -0.15) is 0 Å². The van der Waals surface area contributed by atoms with E-state index in [4.69, 9.17) is 4.74 Å². The maximum atomic E-state index is 12.0. The quantitative estimate of drug-likeness (QED) is 0.862. The molecule has 5 nitrogen and oxygen atoms in total. The minimum Gasteiger partial charge on any atom is -0.461 e. The van der Waals surface area contributed by atoms with Crippen LogP contribution in [0.15, 0.2) is 22.9 Å². The molecule has 0 aliphatic carbocycles. The predicted molar refractivity (Wildman–Crippen MR) is 78.3 cm³/mol. The van der Waals surface area contributed by atoms with Gasteiger partial charge in [0.25, 0.3) is 5.91 Å². The van der Waals surface area contributed by atoms with Gasteiger partial charge in [-0.3, -0.25) is 4.79 Å². The van der Waals surface area contributed by atoms with Crippen molar-refractivity contribution in [1.82, 2.24) is 10.3 Å². The molecule has 7 heteroatoms. The van der Waals surface area contributed by atoms with E-state index in [2.05, 4.69) is 10.3 Å². The maximum Gasteiger partial charge on any atom is 0.367 e. The third kappa shape index (κ3) is 3.43. The van der Waals surface area contributed by atoms with Crippen LogP contribution in [0.25, 0.3) is 0 Å². The summed E-state index contributed by atoms with van der Waals surface area (Å²) in [4.78, 5) is 28.6. The van der Waals surface area contributed by atoms with E-state index in [1.54, 1.807) is 23.6 Å². The molecule has 2 aromatic heterocycles. The van der Waals surface area contributed by atoms with Crippen LogP contribution in [-0.4, -0.2) is 23.5 Å². The second-order valence-electron chi connectivity index (χ2n) is 3.97. The van der Waals surface area contributed by atoms with Crippen LogP contribution < -0.4 is 5.32 Å². The number of thiazole rings is 1. The Balaban J connectivity index is 2.01. The molecule has 0 aromatic carbocycles. The molecule has 0 saturated carbocycles. The van der Waals surface area contributed by atoms with Crippen molar-refractivity contribution in [2.45, 2.75) is 19.9 Å². The van der Waals surface area contributed by atoms with Gasteiger partial charge in [-0.25, -0.2) is 9.78 Å². The first-order chi connectivity index (χ1) is 9.61. The van der Waals surface area contributed by atoms with E-state index < -0.39 is 5.97 Å². The maximum absolute atomic E-state index is 12.0. The monoisotopic (exact) mass is 310 g/mol. The number of esters is 1. The van der Waals surface area contributed by atoms with Crippen LogP contribution in [0, 0.1) is 0 Å². The summed E-state index contributed by atoms with van der Waals surface area (Å²) in [6.07, 6.45) is 0. The number of hydrogen-bond donors (Lipinski definition) is 1. The van der Waals surface area contributed by atoms with Gasteiger partial charge in [0.1, 0.15) is 5.69 Å². The lowest BCUT2D eigenvalue weighted by Gasteiger charge is -2.10. The van der Waals surface area contributed by atoms with Crippen molar-refractivity contribution >= 4 is 34.6 Å². The molecule has 2 rings (SSSR count). The van der Waals surface area contributed by atoms with E-state index in [0.29, 0.717) is 0 Å². The van der Waals surface area contributed by atoms with Crippen molar-refractivity contribution in [2.24, 2.45) is 0 Å². The molecular weight excluding hydrogens is 296 g/mol. The van der Waals surface area contributed by atoms with Gasteiger partial charge in [-0.05, 0) is 25.3 Å². The zero-order chi connectivity index (χ0) is 14.5. The summed E-state index contributed by atoms with van der Waals surface area (Å²) in [5.41, 5.74) is 0.237. The fraction of sp³-hybridized carbons (Fsp3) is 0.308. The molecule has 1 unspecified atom stereocenters. The van der Waals surface area contributed by atoms with Gasteiger partial charge in [-0.1, -0.05) is 6.07 Å². The fourth-order valence-electron chi connectivity index (χ4n) is 1.54. The number of hydrogen-bond acceptors (Lipinski definition) is 6. The first-order valence-electron chi connectivity index (χ1n) is 6.08. The van der Waals surface area contributed by atoms with Gasteiger partial charge in [0, 0.05) is 10.3 Å². The lowest BCUT2D eigenvalue weighted by Crippen LogP contribution is -2.26. The molecule has 0 bridgehead atoms. The van der Waals surface area contributed by atoms with Crippen molar-refractivity contribution in [3.05, 3.63) is 38.5 Å². The number of amides is 1. The van der Waals surface area contributed by atoms with Gasteiger partial charge in [0.15, 0.2) is 0 Å². The van der Waals surface area contributed by atoms with Crippen molar-refractivity contribution in [3.8, 4) is 0 Å². The Morgan fingerprint density at radius 3 is 2.90 bits per heavy atom. The lowest BCUT2D eigenvalue weighted by atomic mass is 10.2. The number of carbonyl (C=O) groups excluding carboxylic acids is 2. The molecule has 0 radical (unpaired) electrons. The Kier molecular flexibility index (Phi) is 4.86. The molecule has 0 aliphatic heterocycles. The summed E-state index contributed by atoms with van der Waals surface area (Å²) in [5.74, 6) is -0.791. The zero-order valence-corrected chi connectivity index (χ0v) is 12.7. The molecule has 0 spiro atoms. The van der Waals surface area contributed by atoms with Crippen LogP contribution in [0.1, 0.15) is 45.1 Å². The second-order valence-corrected chi connectivity index (χ2v) is 5.81. The Morgan fingerprint density at radius 1 is 1.45 bits per heavy atom. The van der Waals surface area contributed by atoms with Crippen LogP contribution in [-0.2, 0) is 4.74 Å². The van der Waals surface area contributed by atoms with E-state index in [1.807, 2.05) is 24.4 Å². The molecule has 0 fully saturated rings. The summed E-state index contributed by atoms with van der Waals surface area (Å²) in [7, 11) is 0. The van der Waals surface area contributed by atoms with Crippen LogP contribution in [0.5, 0.6) is 0 Å². The van der Waals surface area contributed by atoms with E-state index in [1.165, 1.54) is 0 Å². The predicted octanol–water partition coefficient (Wildman–Crippen LogP) is 2.87. The smallest absolute Gasteiger partial charge is 0.367 e. The Bertz CT molecular complexity index is 593. The van der Waals surface area contributed by atoms with Crippen molar-refractivity contribution in [3.63, 3.8) is 0 Å². The summed E-state index contributed by atoms with van der Waals surface area (Å²) >= 11 is 2.68. The third-order valence-corrected chi connectivity index (χ3v) is 4.38. The zero-order valence-electron chi connectivity index (χ0n) is 11.1. The number of thiophene rings is 1. The van der Waals surface area contributed by atoms with Gasteiger partial charge in [-0.15, -0.1) is 22.7 Å². The second kappa shape index (κ2) is 6.62. The number of ether oxygens (including phenoxy) is 1. The number of carbonyl (C=O) groups is 2. The summed E-state index contributed by atoms with van der Waals surface area (Å²) in [6.45, 7) is 3.92. The van der Waals surface area contributed by atoms with E-state index in [-0.39, 0.29) is 29.3 Å². The summed E-state index contributed by atoms with van der Waals surface area (Å²) in [6, 6.07) is 3.81. The van der Waals surface area contributed by atoms with E-state index in [0.717, 1.165) is 16.2 Å². The van der Waals surface area contributed by atoms with Crippen LogP contribution >= 0.6 is 22.7 Å². The summed E-state index contributed by atoms with van der Waals surface area (Å²) in [5, 5.41) is 6.56. The molecule has 1 atom stereocenters. The van der Waals surface area contributed by atoms with Crippen molar-refractivity contribution in [2.75, 3.05) is 6.61 Å². The standard InChI is InChI=1S/C13H14N2O3S2/c1-3-18-13(17)12-15-9(7-20-12)11(16)14-8(2)10-5-4-6-19-10/h4-8H,3H2,1-2H3,(H,14,16). The molecule has 1 N–H and O–H groups in total. The lowest BCUT2D eigenvalue weighted by molar-refractivity contribution is 0.0526. The van der Waals surface area contributed by atoms with Crippen LogP contribution in [0.4, 0.5) is 0 Å². The molecule has 106 valence electrons. The molecule has 0 aliphatic rings. The van der Waals surface area contributed by atoms with E-state index in [9.17, 15) is 9.59 Å². The molecule has 2 heterocycles. The normalized spacial score (nSPS) is 11.9. The summed E-state index contributed by atoms with van der Waals surface area (Å²) < 4.78 is 4.84. The minimum atomic E-state index is -0.497. The number of nitrogens with one attached hydrogen (secondary N) is 1. The molecule has 2 aromatic rings. The van der Waals surface area contributed by atoms with Gasteiger partial charge >= 0.3 is 5.97 Å². The van der Waals surface area contributed by atoms with Gasteiger partial charge < -0.3 is 10.1 Å². The highest BCUT2D eigenvalue weighted by atomic mass is 32.1. The average Bonchev–Trinajstić information content (AvgIpc) is 3.10. The van der Waals surface area contributed by atoms with Crippen LogP contribution in [0.3, 0.4) is 0 Å². The molecular formula is C13H14N2O3S2. The highest BCUT2D eigenvalue weighted by Crippen LogP contribution is 2.19. The van der Waals surface area contributed by atoms with Crippen molar-refractivity contribution < 1.29 is 14.3 Å². The highest BCUT2D eigenvalue weighted by molar-refractivity contribution is 7.11. The molecule has 20 heavy (non-hydrogen) atoms. The van der Waals surface area contributed by atoms with Crippen molar-refractivity contribution in [1.29, 1.82) is 0 Å². The van der Waals surface area contributed by atoms with Crippen LogP contribution in [0.2, 0.25) is 0 Å². The first-order valence-corrected chi connectivity index (χ1v) is 7.84. The average molecular weight is 310 g/mol. The number of rotatable bonds is 5. The van der Waals surface area contributed by atoms with Gasteiger partial charge in [0.05, 0.1) is 12.6 Å². The third-order valence-electron chi connectivity index (χ3n) is 2.50. The fourth-order valence-corrected chi connectivity index (χ4v) is 2.97. The number of aromatic nitrogens is 1. The minimum absolute atomic E-state index is 0.0877.